The number of thiophene rings is 1. The molecule has 1 amide bonds. The van der Waals surface area contributed by atoms with Gasteiger partial charge in [0, 0.05) is 29.3 Å². The third-order valence-electron chi connectivity index (χ3n) is 2.21. The number of rotatable bonds is 5. The van der Waals surface area contributed by atoms with Crippen molar-refractivity contribution < 1.29 is 9.90 Å². The second kappa shape index (κ2) is 8.20. The third-order valence-corrected chi connectivity index (χ3v) is 3.67. The van der Waals surface area contributed by atoms with Crippen molar-refractivity contribution in [2.75, 3.05) is 25.7 Å². The van der Waals surface area contributed by atoms with Crippen molar-refractivity contribution in [3.8, 4) is 11.8 Å². The van der Waals surface area contributed by atoms with E-state index in [9.17, 15) is 4.79 Å². The van der Waals surface area contributed by atoms with Crippen LogP contribution in [0.1, 0.15) is 16.9 Å². The first kappa shape index (κ1) is 15.1. The van der Waals surface area contributed by atoms with Crippen LogP contribution in [0.4, 0.5) is 0 Å². The number of nitrogens with zero attached hydrogens (tertiary/aromatic N) is 1. The fourth-order valence-corrected chi connectivity index (χ4v) is 2.64. The van der Waals surface area contributed by atoms with E-state index in [1.807, 2.05) is 24.7 Å². The number of aliphatic hydroxyl groups is 1. The van der Waals surface area contributed by atoms with Gasteiger partial charge in [-0.15, -0.1) is 11.3 Å². The molecule has 98 valence electrons. The maximum atomic E-state index is 11.6. The normalized spacial score (nSPS) is 9.72. The molecule has 18 heavy (non-hydrogen) atoms. The summed E-state index contributed by atoms with van der Waals surface area (Å²) in [7, 11) is 1.81. The first-order chi connectivity index (χ1) is 8.67. The lowest BCUT2D eigenvalue weighted by Gasteiger charge is -2.15. The van der Waals surface area contributed by atoms with E-state index < -0.39 is 0 Å². The number of amides is 1. The van der Waals surface area contributed by atoms with Gasteiger partial charge in [0.2, 0.25) is 5.91 Å². The average molecular weight is 283 g/mol. The van der Waals surface area contributed by atoms with Crippen LogP contribution in [0.5, 0.6) is 0 Å². The Bertz CT molecular complexity index is 445. The van der Waals surface area contributed by atoms with Crippen LogP contribution in [0, 0.1) is 11.8 Å². The Balaban J connectivity index is 2.54. The molecule has 0 aromatic carbocycles. The van der Waals surface area contributed by atoms with Crippen LogP contribution in [0.25, 0.3) is 0 Å². The maximum Gasteiger partial charge on any atom is 0.232 e. The lowest BCUT2D eigenvalue weighted by Crippen LogP contribution is -2.27. The first-order valence-corrected chi connectivity index (χ1v) is 7.84. The van der Waals surface area contributed by atoms with Gasteiger partial charge in [-0.2, -0.15) is 11.8 Å². The molecule has 0 bridgehead atoms. The molecule has 0 spiro atoms. The van der Waals surface area contributed by atoms with Crippen molar-refractivity contribution in [2.24, 2.45) is 0 Å². The molecule has 1 aromatic heterocycles. The van der Waals surface area contributed by atoms with E-state index in [1.165, 1.54) is 11.8 Å². The van der Waals surface area contributed by atoms with E-state index in [2.05, 4.69) is 11.8 Å². The quantitative estimate of drug-likeness (QED) is 0.838. The summed E-state index contributed by atoms with van der Waals surface area (Å²) in [6, 6.07) is 2.00. The fourth-order valence-electron chi connectivity index (χ4n) is 1.31. The number of aliphatic hydroxyl groups excluding tert-OH is 1. The number of thioether (sulfide) groups is 1. The van der Waals surface area contributed by atoms with Crippen molar-refractivity contribution in [2.45, 2.75) is 13.0 Å². The molecule has 0 atom stereocenters. The van der Waals surface area contributed by atoms with Gasteiger partial charge in [0.15, 0.2) is 0 Å². The van der Waals surface area contributed by atoms with Gasteiger partial charge in [-0.3, -0.25) is 4.79 Å². The molecule has 0 radical (unpaired) electrons. The van der Waals surface area contributed by atoms with Gasteiger partial charge < -0.3 is 10.0 Å². The molecule has 0 aliphatic carbocycles. The van der Waals surface area contributed by atoms with Gasteiger partial charge in [0.1, 0.15) is 0 Å². The van der Waals surface area contributed by atoms with Crippen molar-refractivity contribution in [1.82, 2.24) is 4.90 Å². The summed E-state index contributed by atoms with van der Waals surface area (Å²) in [6.45, 7) is 0.724. The molecule has 1 N–H and O–H groups in total. The highest BCUT2D eigenvalue weighted by Crippen LogP contribution is 2.16. The van der Waals surface area contributed by atoms with Gasteiger partial charge in [-0.1, -0.05) is 11.8 Å². The van der Waals surface area contributed by atoms with E-state index in [0.29, 0.717) is 18.7 Å². The van der Waals surface area contributed by atoms with Crippen LogP contribution in [-0.4, -0.2) is 41.6 Å². The second-order valence-electron chi connectivity index (χ2n) is 3.76. The van der Waals surface area contributed by atoms with E-state index in [0.717, 1.165) is 10.4 Å². The Morgan fingerprint density at radius 2 is 2.39 bits per heavy atom. The van der Waals surface area contributed by atoms with E-state index in [1.54, 1.807) is 16.2 Å². The number of carbonyl (C=O) groups excluding carboxylic acids is 1. The molecule has 5 heteroatoms. The third kappa shape index (κ3) is 5.13. The van der Waals surface area contributed by atoms with Crippen LogP contribution in [0.15, 0.2) is 11.4 Å². The molecule has 0 aliphatic heterocycles. The van der Waals surface area contributed by atoms with Gasteiger partial charge in [-0.25, -0.2) is 0 Å². The van der Waals surface area contributed by atoms with Crippen molar-refractivity contribution >= 4 is 29.0 Å². The van der Waals surface area contributed by atoms with Gasteiger partial charge in [0.25, 0.3) is 0 Å². The molecule has 0 aliphatic rings. The molecular formula is C13H17NO2S2. The molecule has 1 aromatic rings. The van der Waals surface area contributed by atoms with E-state index >= 15 is 0 Å². The van der Waals surface area contributed by atoms with Crippen molar-refractivity contribution in [3.63, 3.8) is 0 Å². The summed E-state index contributed by atoms with van der Waals surface area (Å²) < 4.78 is 0. The monoisotopic (exact) mass is 283 g/mol. The summed E-state index contributed by atoms with van der Waals surface area (Å²) in [5, 5.41) is 10.6. The minimum atomic E-state index is 0.0932. The van der Waals surface area contributed by atoms with Crippen molar-refractivity contribution in [1.29, 1.82) is 0 Å². The zero-order valence-electron chi connectivity index (χ0n) is 10.6. The van der Waals surface area contributed by atoms with Gasteiger partial charge >= 0.3 is 0 Å². The lowest BCUT2D eigenvalue weighted by atomic mass is 10.3. The van der Waals surface area contributed by atoms with Crippen molar-refractivity contribution in [3.05, 3.63) is 21.9 Å². The van der Waals surface area contributed by atoms with E-state index in [4.69, 9.17) is 5.11 Å². The maximum absolute atomic E-state index is 11.6. The van der Waals surface area contributed by atoms with Crippen LogP contribution < -0.4 is 0 Å². The van der Waals surface area contributed by atoms with Crippen LogP contribution in [-0.2, 0) is 11.3 Å². The number of carbonyl (C=O) groups is 1. The van der Waals surface area contributed by atoms with Gasteiger partial charge in [-0.05, 0) is 12.3 Å². The summed E-state index contributed by atoms with van der Waals surface area (Å²) >= 11 is 3.14. The molecular weight excluding hydrogens is 266 g/mol. The molecule has 0 unspecified atom stereocenters. The average Bonchev–Trinajstić information content (AvgIpc) is 2.77. The van der Waals surface area contributed by atoms with Crippen LogP contribution in [0.3, 0.4) is 0 Å². The largest absolute Gasteiger partial charge is 0.395 e. The summed E-state index contributed by atoms with van der Waals surface area (Å²) in [5.41, 5.74) is 0.953. The summed E-state index contributed by atoms with van der Waals surface area (Å²) in [6.07, 6.45) is 2.42. The SMILES string of the molecule is CSCC(=O)N(C)Cc1cc(C#CCCO)cs1. The molecule has 0 saturated carbocycles. The Morgan fingerprint density at radius 3 is 3.06 bits per heavy atom. The number of hydrogen-bond donors (Lipinski definition) is 1. The predicted octanol–water partition coefficient (Wildman–Crippen LogP) is 1.80. The zero-order chi connectivity index (χ0) is 13.4. The highest BCUT2D eigenvalue weighted by Gasteiger charge is 2.09. The highest BCUT2D eigenvalue weighted by atomic mass is 32.2. The Labute approximate surface area is 116 Å². The second-order valence-corrected chi connectivity index (χ2v) is 5.62. The fraction of sp³-hybridized carbons (Fsp3) is 0.462. The zero-order valence-corrected chi connectivity index (χ0v) is 12.2. The lowest BCUT2D eigenvalue weighted by molar-refractivity contribution is -0.127. The topological polar surface area (TPSA) is 40.5 Å². The smallest absolute Gasteiger partial charge is 0.232 e. The van der Waals surface area contributed by atoms with Crippen LogP contribution in [0.2, 0.25) is 0 Å². The Hall–Kier alpha value is -0.960. The summed E-state index contributed by atoms with van der Waals surface area (Å²) in [5.74, 6) is 6.53. The molecule has 3 nitrogen and oxygen atoms in total. The molecule has 0 saturated heterocycles. The first-order valence-electron chi connectivity index (χ1n) is 5.57. The Morgan fingerprint density at radius 1 is 1.61 bits per heavy atom. The Kier molecular flexibility index (Phi) is 6.88. The van der Waals surface area contributed by atoms with E-state index in [-0.39, 0.29) is 12.5 Å². The summed E-state index contributed by atoms with van der Waals surface area (Å²) in [4.78, 5) is 14.5. The minimum Gasteiger partial charge on any atom is -0.395 e. The standard InChI is InChI=1S/C13H17NO2S2/c1-14(13(16)10-17-2)8-12-7-11(9-18-12)5-3-4-6-15/h7,9,15H,4,6,8,10H2,1-2H3. The van der Waals surface area contributed by atoms with Crippen LogP contribution >= 0.6 is 23.1 Å². The predicted molar refractivity (Wildman–Crippen MR) is 77.8 cm³/mol. The molecule has 1 heterocycles. The highest BCUT2D eigenvalue weighted by molar-refractivity contribution is 7.99. The van der Waals surface area contributed by atoms with Gasteiger partial charge in [0.05, 0.1) is 18.9 Å². The molecule has 1 rings (SSSR count). The number of hydrogen-bond acceptors (Lipinski definition) is 4. The minimum absolute atomic E-state index is 0.0932. The molecule has 0 fully saturated rings.